The lowest BCUT2D eigenvalue weighted by Crippen LogP contribution is -2.28. The van der Waals surface area contributed by atoms with Gasteiger partial charge in [-0.2, -0.15) is 0 Å². The van der Waals surface area contributed by atoms with Crippen molar-refractivity contribution >= 4 is 33.2 Å². The molecule has 2 nitrogen and oxygen atoms in total. The molecule has 0 saturated carbocycles. The number of hydrogen-bond acceptors (Lipinski definition) is 2. The SMILES string of the molecule is Cc1ccc(F)c(C(=O)N(C)Cc2cc(Br)cs2)c1F. The molecular weight excluding hydrogens is 348 g/mol. The standard InChI is InChI=1S/C14H12BrF2NOS/c1-8-3-4-11(16)12(13(8)17)14(19)18(2)6-10-5-9(15)7-20-10/h3-5,7H,6H2,1-2H3. The van der Waals surface area contributed by atoms with Crippen LogP contribution in [0.2, 0.25) is 0 Å². The molecule has 0 N–H and O–H groups in total. The van der Waals surface area contributed by atoms with Crippen LogP contribution in [-0.4, -0.2) is 17.9 Å². The molecule has 1 amide bonds. The minimum absolute atomic E-state index is 0.252. The molecule has 1 heterocycles. The van der Waals surface area contributed by atoms with Crippen LogP contribution >= 0.6 is 27.3 Å². The van der Waals surface area contributed by atoms with Gasteiger partial charge in [-0.15, -0.1) is 11.3 Å². The van der Waals surface area contributed by atoms with Crippen molar-refractivity contribution in [2.75, 3.05) is 7.05 Å². The highest BCUT2D eigenvalue weighted by molar-refractivity contribution is 9.10. The summed E-state index contributed by atoms with van der Waals surface area (Å²) in [5.41, 5.74) is -0.245. The van der Waals surface area contributed by atoms with Crippen LogP contribution in [0.1, 0.15) is 20.8 Å². The summed E-state index contributed by atoms with van der Waals surface area (Å²) in [4.78, 5) is 14.4. The third-order valence-corrected chi connectivity index (χ3v) is 4.54. The summed E-state index contributed by atoms with van der Waals surface area (Å²) in [6, 6.07) is 4.30. The molecule has 1 aromatic heterocycles. The summed E-state index contributed by atoms with van der Waals surface area (Å²) >= 11 is 4.80. The fourth-order valence-electron chi connectivity index (χ4n) is 1.79. The molecule has 0 bridgehead atoms. The Labute approximate surface area is 128 Å². The van der Waals surface area contributed by atoms with Crippen molar-refractivity contribution in [3.63, 3.8) is 0 Å². The Morgan fingerprint density at radius 1 is 1.40 bits per heavy atom. The number of thiophene rings is 1. The van der Waals surface area contributed by atoms with Gasteiger partial charge in [-0.3, -0.25) is 4.79 Å². The molecule has 0 fully saturated rings. The van der Waals surface area contributed by atoms with E-state index in [0.717, 1.165) is 15.4 Å². The van der Waals surface area contributed by atoms with E-state index in [9.17, 15) is 13.6 Å². The van der Waals surface area contributed by atoms with Crippen molar-refractivity contribution in [1.82, 2.24) is 4.90 Å². The summed E-state index contributed by atoms with van der Waals surface area (Å²) in [5, 5.41) is 1.89. The van der Waals surface area contributed by atoms with Crippen LogP contribution in [-0.2, 0) is 6.54 Å². The smallest absolute Gasteiger partial charge is 0.259 e. The first-order valence-electron chi connectivity index (χ1n) is 5.83. The molecule has 6 heteroatoms. The molecule has 0 unspecified atom stereocenters. The number of carbonyl (C=O) groups excluding carboxylic acids is 1. The first-order chi connectivity index (χ1) is 9.40. The summed E-state index contributed by atoms with van der Waals surface area (Å²) in [6.07, 6.45) is 0. The Hall–Kier alpha value is -1.27. The zero-order valence-corrected chi connectivity index (χ0v) is 13.3. The van der Waals surface area contributed by atoms with Gasteiger partial charge < -0.3 is 4.90 Å². The third kappa shape index (κ3) is 3.07. The van der Waals surface area contributed by atoms with E-state index in [0.29, 0.717) is 6.54 Å². The fourth-order valence-corrected chi connectivity index (χ4v) is 3.29. The van der Waals surface area contributed by atoms with E-state index in [1.165, 1.54) is 36.3 Å². The predicted octanol–water partition coefficient (Wildman–Crippen LogP) is 4.37. The molecule has 0 aliphatic heterocycles. The first-order valence-corrected chi connectivity index (χ1v) is 7.50. The molecule has 0 aliphatic rings. The van der Waals surface area contributed by atoms with Crippen LogP contribution in [0.5, 0.6) is 0 Å². The number of hydrogen-bond donors (Lipinski definition) is 0. The van der Waals surface area contributed by atoms with Crippen molar-refractivity contribution in [2.24, 2.45) is 0 Å². The van der Waals surface area contributed by atoms with Crippen molar-refractivity contribution in [3.8, 4) is 0 Å². The quantitative estimate of drug-likeness (QED) is 0.796. The van der Waals surface area contributed by atoms with Crippen LogP contribution in [0.25, 0.3) is 0 Å². The van der Waals surface area contributed by atoms with Crippen molar-refractivity contribution in [2.45, 2.75) is 13.5 Å². The maximum atomic E-state index is 13.9. The summed E-state index contributed by atoms with van der Waals surface area (Å²) < 4.78 is 28.5. The van der Waals surface area contributed by atoms with Gasteiger partial charge in [0.25, 0.3) is 5.91 Å². The zero-order chi connectivity index (χ0) is 14.9. The van der Waals surface area contributed by atoms with Gasteiger partial charge in [0.1, 0.15) is 17.2 Å². The Morgan fingerprint density at radius 2 is 2.10 bits per heavy atom. The number of nitrogens with zero attached hydrogens (tertiary/aromatic N) is 1. The van der Waals surface area contributed by atoms with Crippen LogP contribution in [0.4, 0.5) is 8.78 Å². The molecule has 0 aliphatic carbocycles. The normalized spacial score (nSPS) is 10.7. The lowest BCUT2D eigenvalue weighted by molar-refractivity contribution is 0.0776. The number of aryl methyl sites for hydroxylation is 1. The maximum absolute atomic E-state index is 13.9. The molecule has 0 saturated heterocycles. The van der Waals surface area contributed by atoms with Gasteiger partial charge in [0.15, 0.2) is 0 Å². The Kier molecular flexibility index (Phi) is 4.55. The lowest BCUT2D eigenvalue weighted by atomic mass is 10.1. The van der Waals surface area contributed by atoms with E-state index in [-0.39, 0.29) is 5.56 Å². The lowest BCUT2D eigenvalue weighted by Gasteiger charge is -2.17. The highest BCUT2D eigenvalue weighted by atomic mass is 79.9. The van der Waals surface area contributed by atoms with Crippen molar-refractivity contribution in [3.05, 3.63) is 55.7 Å². The van der Waals surface area contributed by atoms with Gasteiger partial charge in [0.2, 0.25) is 0 Å². The predicted molar refractivity (Wildman–Crippen MR) is 78.9 cm³/mol. The maximum Gasteiger partial charge on any atom is 0.259 e. The van der Waals surface area contributed by atoms with Crippen LogP contribution in [0, 0.1) is 18.6 Å². The molecule has 1 aromatic carbocycles. The minimum Gasteiger partial charge on any atom is -0.336 e. The summed E-state index contributed by atoms with van der Waals surface area (Å²) in [6.45, 7) is 1.81. The third-order valence-electron chi connectivity index (χ3n) is 2.86. The topological polar surface area (TPSA) is 20.3 Å². The molecule has 20 heavy (non-hydrogen) atoms. The monoisotopic (exact) mass is 359 g/mol. The summed E-state index contributed by atoms with van der Waals surface area (Å²) in [7, 11) is 1.52. The average Bonchev–Trinajstić information content (AvgIpc) is 2.79. The molecule has 106 valence electrons. The largest absolute Gasteiger partial charge is 0.336 e. The molecule has 2 rings (SSSR count). The highest BCUT2D eigenvalue weighted by Crippen LogP contribution is 2.23. The van der Waals surface area contributed by atoms with Gasteiger partial charge >= 0.3 is 0 Å². The van der Waals surface area contributed by atoms with E-state index in [1.54, 1.807) is 0 Å². The highest BCUT2D eigenvalue weighted by Gasteiger charge is 2.22. The van der Waals surface area contributed by atoms with Crippen LogP contribution in [0.3, 0.4) is 0 Å². The average molecular weight is 360 g/mol. The van der Waals surface area contributed by atoms with Gasteiger partial charge in [-0.25, -0.2) is 8.78 Å². The van der Waals surface area contributed by atoms with Crippen LogP contribution in [0.15, 0.2) is 28.1 Å². The second-order valence-corrected chi connectivity index (χ2v) is 6.36. The number of amides is 1. The van der Waals surface area contributed by atoms with E-state index in [2.05, 4.69) is 15.9 Å². The van der Waals surface area contributed by atoms with Crippen LogP contribution < -0.4 is 0 Å². The Bertz CT molecular complexity index is 657. The van der Waals surface area contributed by atoms with Gasteiger partial charge in [0.05, 0.1) is 6.54 Å². The van der Waals surface area contributed by atoms with Gasteiger partial charge in [-0.1, -0.05) is 6.07 Å². The van der Waals surface area contributed by atoms with Crippen molar-refractivity contribution < 1.29 is 13.6 Å². The number of rotatable bonds is 3. The molecule has 0 atom stereocenters. The summed E-state index contributed by atoms with van der Waals surface area (Å²) in [5.74, 6) is -2.29. The number of carbonyl (C=O) groups is 1. The minimum atomic E-state index is -0.836. The fraction of sp³-hybridized carbons (Fsp3) is 0.214. The second-order valence-electron chi connectivity index (χ2n) is 4.45. The number of halogens is 3. The van der Waals surface area contributed by atoms with E-state index < -0.39 is 23.1 Å². The molecule has 0 radical (unpaired) electrons. The molecule has 2 aromatic rings. The molecular formula is C14H12BrF2NOS. The number of benzene rings is 1. The van der Waals surface area contributed by atoms with E-state index in [1.807, 2.05) is 11.4 Å². The Balaban J connectivity index is 2.25. The Morgan fingerprint density at radius 3 is 2.70 bits per heavy atom. The molecule has 0 spiro atoms. The van der Waals surface area contributed by atoms with Gasteiger partial charge in [0, 0.05) is 21.8 Å². The second kappa shape index (κ2) is 6.01. The van der Waals surface area contributed by atoms with E-state index in [4.69, 9.17) is 0 Å². The van der Waals surface area contributed by atoms with E-state index >= 15 is 0 Å². The van der Waals surface area contributed by atoms with Crippen molar-refractivity contribution in [1.29, 1.82) is 0 Å². The first kappa shape index (κ1) is 15.1. The van der Waals surface area contributed by atoms with Gasteiger partial charge in [-0.05, 0) is 40.5 Å². The zero-order valence-electron chi connectivity index (χ0n) is 10.9.